The molecule has 3 aromatic carbocycles. The lowest BCUT2D eigenvalue weighted by Gasteiger charge is -2.07. The fraction of sp³-hybridized carbons (Fsp3) is 0.0833. The van der Waals surface area contributed by atoms with Gasteiger partial charge in [-0.2, -0.15) is 0 Å². The summed E-state index contributed by atoms with van der Waals surface area (Å²) in [6.07, 6.45) is 1.65. The molecule has 3 aromatic rings. The second-order valence-corrected chi connectivity index (χ2v) is 7.47. The van der Waals surface area contributed by atoms with E-state index in [4.69, 9.17) is 14.2 Å². The molecule has 4 rings (SSSR count). The fourth-order valence-corrected chi connectivity index (χ4v) is 3.32. The highest BCUT2D eigenvalue weighted by molar-refractivity contribution is 9.10. The number of para-hydroxylation sites is 1. The zero-order chi connectivity index (χ0) is 21.1. The van der Waals surface area contributed by atoms with Crippen molar-refractivity contribution in [1.82, 2.24) is 0 Å². The van der Waals surface area contributed by atoms with Gasteiger partial charge >= 0.3 is 0 Å². The Morgan fingerprint density at radius 2 is 1.83 bits per heavy atom. The number of hydrogen-bond donors (Lipinski definition) is 0. The third-order valence-electron chi connectivity index (χ3n) is 4.60. The lowest BCUT2D eigenvalue weighted by Crippen LogP contribution is -2.11. The largest absolute Gasteiger partial charge is 0.496 e. The van der Waals surface area contributed by atoms with Crippen LogP contribution in [0.25, 0.3) is 6.08 Å². The van der Waals surface area contributed by atoms with Gasteiger partial charge in [0.2, 0.25) is 5.78 Å². The molecule has 1 aliphatic rings. The minimum absolute atomic E-state index is 0.113. The Morgan fingerprint density at radius 3 is 2.60 bits per heavy atom. The minimum Gasteiger partial charge on any atom is -0.496 e. The summed E-state index contributed by atoms with van der Waals surface area (Å²) < 4.78 is 17.6. The van der Waals surface area contributed by atoms with Gasteiger partial charge in [-0.15, -0.1) is 0 Å². The summed E-state index contributed by atoms with van der Waals surface area (Å²) in [5, 5.41) is 0. The number of rotatable bonds is 6. The van der Waals surface area contributed by atoms with Crippen LogP contribution in [-0.2, 0) is 0 Å². The summed E-state index contributed by atoms with van der Waals surface area (Å²) in [5.74, 6) is 1.34. The zero-order valence-electron chi connectivity index (χ0n) is 16.1. The van der Waals surface area contributed by atoms with Gasteiger partial charge in [0.1, 0.15) is 17.2 Å². The van der Waals surface area contributed by atoms with Crippen LogP contribution in [0.4, 0.5) is 0 Å². The van der Waals surface area contributed by atoms with E-state index in [0.29, 0.717) is 28.4 Å². The Kier molecular flexibility index (Phi) is 5.68. The summed E-state index contributed by atoms with van der Waals surface area (Å²) in [7, 11) is 1.57. The number of carbonyl (C=O) groups is 2. The zero-order valence-corrected chi connectivity index (χ0v) is 17.6. The molecule has 0 radical (unpaired) electrons. The number of fused-ring (bicyclic) bond motifs is 1. The SMILES string of the molecule is COc1ccccc1C=C1Oc2cc(OCC(=O)c3ccc(Br)cc3)ccc2C1=O. The Hall–Kier alpha value is -3.38. The lowest BCUT2D eigenvalue weighted by atomic mass is 10.1. The molecule has 0 bridgehead atoms. The topological polar surface area (TPSA) is 61.8 Å². The molecule has 30 heavy (non-hydrogen) atoms. The minimum atomic E-state index is -0.214. The molecule has 150 valence electrons. The van der Waals surface area contributed by atoms with Crippen molar-refractivity contribution in [2.24, 2.45) is 0 Å². The monoisotopic (exact) mass is 464 g/mol. The van der Waals surface area contributed by atoms with Crippen LogP contribution >= 0.6 is 15.9 Å². The lowest BCUT2D eigenvalue weighted by molar-refractivity contribution is 0.0921. The van der Waals surface area contributed by atoms with E-state index < -0.39 is 0 Å². The number of ether oxygens (including phenoxy) is 3. The normalized spacial score (nSPS) is 13.7. The van der Waals surface area contributed by atoms with Gasteiger partial charge in [0.25, 0.3) is 0 Å². The molecule has 0 N–H and O–H groups in total. The van der Waals surface area contributed by atoms with E-state index in [-0.39, 0.29) is 23.9 Å². The van der Waals surface area contributed by atoms with Crippen molar-refractivity contribution < 1.29 is 23.8 Å². The molecule has 0 fully saturated rings. The van der Waals surface area contributed by atoms with Crippen LogP contribution < -0.4 is 14.2 Å². The average molecular weight is 465 g/mol. The van der Waals surface area contributed by atoms with Crippen molar-refractivity contribution in [3.8, 4) is 17.2 Å². The van der Waals surface area contributed by atoms with Crippen molar-refractivity contribution in [3.63, 3.8) is 0 Å². The number of allylic oxidation sites excluding steroid dienone is 1. The van der Waals surface area contributed by atoms with Crippen molar-refractivity contribution >= 4 is 33.6 Å². The molecule has 0 aromatic heterocycles. The predicted molar refractivity (Wildman–Crippen MR) is 116 cm³/mol. The van der Waals surface area contributed by atoms with Gasteiger partial charge in [0.05, 0.1) is 12.7 Å². The Labute approximate surface area is 182 Å². The van der Waals surface area contributed by atoms with Crippen LogP contribution in [0.3, 0.4) is 0 Å². The van der Waals surface area contributed by atoms with Crippen molar-refractivity contribution in [2.45, 2.75) is 0 Å². The van der Waals surface area contributed by atoms with Crippen LogP contribution in [0.5, 0.6) is 17.2 Å². The van der Waals surface area contributed by atoms with Crippen LogP contribution in [0, 0.1) is 0 Å². The van der Waals surface area contributed by atoms with Gasteiger partial charge in [-0.1, -0.05) is 46.3 Å². The maximum absolute atomic E-state index is 12.7. The summed E-state index contributed by atoms with van der Waals surface area (Å²) in [6, 6.07) is 19.3. The highest BCUT2D eigenvalue weighted by Crippen LogP contribution is 2.35. The molecule has 1 heterocycles. The van der Waals surface area contributed by atoms with Crippen LogP contribution in [-0.4, -0.2) is 25.3 Å². The maximum atomic E-state index is 12.7. The Morgan fingerprint density at radius 1 is 1.07 bits per heavy atom. The number of Topliss-reactive ketones (excluding diaryl/α,β-unsaturated/α-hetero) is 2. The predicted octanol–water partition coefficient (Wildman–Crippen LogP) is 5.34. The van der Waals surface area contributed by atoms with E-state index in [0.717, 1.165) is 10.0 Å². The van der Waals surface area contributed by atoms with Crippen molar-refractivity contribution in [1.29, 1.82) is 0 Å². The molecule has 0 spiro atoms. The number of carbonyl (C=O) groups excluding carboxylic acids is 2. The number of ketones is 2. The summed E-state index contributed by atoms with van der Waals surface area (Å²) >= 11 is 3.34. The van der Waals surface area contributed by atoms with E-state index in [2.05, 4.69) is 15.9 Å². The molecule has 6 heteroatoms. The number of benzene rings is 3. The second kappa shape index (κ2) is 8.55. The maximum Gasteiger partial charge on any atom is 0.231 e. The summed E-state index contributed by atoms with van der Waals surface area (Å²) in [6.45, 7) is -0.113. The molecular formula is C24H17BrO5. The van der Waals surface area contributed by atoms with E-state index in [1.807, 2.05) is 24.3 Å². The first-order chi connectivity index (χ1) is 14.5. The van der Waals surface area contributed by atoms with Gasteiger partial charge < -0.3 is 14.2 Å². The van der Waals surface area contributed by atoms with Gasteiger partial charge in [-0.3, -0.25) is 9.59 Å². The third-order valence-corrected chi connectivity index (χ3v) is 5.13. The fourth-order valence-electron chi connectivity index (χ4n) is 3.05. The second-order valence-electron chi connectivity index (χ2n) is 6.56. The number of hydrogen-bond acceptors (Lipinski definition) is 5. The van der Waals surface area contributed by atoms with Crippen LogP contribution in [0.2, 0.25) is 0 Å². The number of halogens is 1. The molecule has 0 amide bonds. The Balaban J connectivity index is 1.49. The van der Waals surface area contributed by atoms with Crippen molar-refractivity contribution in [2.75, 3.05) is 13.7 Å². The van der Waals surface area contributed by atoms with Crippen molar-refractivity contribution in [3.05, 3.63) is 93.7 Å². The quantitative estimate of drug-likeness (QED) is 0.364. The first-order valence-electron chi connectivity index (χ1n) is 9.18. The van der Waals surface area contributed by atoms with E-state index in [9.17, 15) is 9.59 Å². The summed E-state index contributed by atoms with van der Waals surface area (Å²) in [5.41, 5.74) is 1.75. The highest BCUT2D eigenvalue weighted by Gasteiger charge is 2.28. The van der Waals surface area contributed by atoms with E-state index >= 15 is 0 Å². The van der Waals surface area contributed by atoms with Crippen LogP contribution in [0.15, 0.2) is 77.0 Å². The summed E-state index contributed by atoms with van der Waals surface area (Å²) in [4.78, 5) is 24.9. The Bertz CT molecular complexity index is 1150. The molecule has 1 aliphatic heterocycles. The van der Waals surface area contributed by atoms with Crippen LogP contribution in [0.1, 0.15) is 26.3 Å². The molecule has 0 atom stereocenters. The van der Waals surface area contributed by atoms with Gasteiger partial charge in [-0.25, -0.2) is 0 Å². The molecule has 0 saturated heterocycles. The number of methoxy groups -OCH3 is 1. The van der Waals surface area contributed by atoms with Gasteiger partial charge in [-0.05, 0) is 36.4 Å². The standard InChI is InChI=1S/C24H17BrO5/c1-28-21-5-3-2-4-16(21)12-23-24(27)19-11-10-18(13-22(19)30-23)29-14-20(26)15-6-8-17(25)9-7-15/h2-13H,14H2,1H3. The van der Waals surface area contributed by atoms with E-state index in [1.54, 1.807) is 55.7 Å². The first-order valence-corrected chi connectivity index (χ1v) is 9.97. The van der Waals surface area contributed by atoms with Gasteiger partial charge in [0.15, 0.2) is 18.1 Å². The molecule has 5 nitrogen and oxygen atoms in total. The average Bonchev–Trinajstić information content (AvgIpc) is 3.07. The smallest absolute Gasteiger partial charge is 0.231 e. The molecular weight excluding hydrogens is 448 g/mol. The molecule has 0 unspecified atom stereocenters. The highest BCUT2D eigenvalue weighted by atomic mass is 79.9. The third kappa shape index (κ3) is 4.14. The first kappa shape index (κ1) is 19.9. The van der Waals surface area contributed by atoms with Gasteiger partial charge in [0, 0.05) is 21.7 Å². The van der Waals surface area contributed by atoms with E-state index in [1.165, 1.54) is 0 Å². The molecule has 0 aliphatic carbocycles. The molecule has 0 saturated carbocycles.